The van der Waals surface area contributed by atoms with E-state index >= 15 is 0 Å². The Balaban J connectivity index is 1.82. The molecular formula is C25H30N2O5. The van der Waals surface area contributed by atoms with Gasteiger partial charge in [0.25, 0.3) is 5.69 Å². The van der Waals surface area contributed by atoms with Crippen LogP contribution in [-0.2, 0) is 14.3 Å². The van der Waals surface area contributed by atoms with Gasteiger partial charge in [-0.2, -0.15) is 0 Å². The quantitative estimate of drug-likeness (QED) is 0.400. The van der Waals surface area contributed by atoms with E-state index in [2.05, 4.69) is 5.32 Å². The van der Waals surface area contributed by atoms with Crippen LogP contribution in [0.5, 0.6) is 0 Å². The predicted molar refractivity (Wildman–Crippen MR) is 120 cm³/mol. The van der Waals surface area contributed by atoms with Crippen LogP contribution in [-0.4, -0.2) is 22.8 Å². The number of rotatable bonds is 4. The summed E-state index contributed by atoms with van der Waals surface area (Å²) < 4.78 is 5.87. The molecule has 2 aliphatic carbocycles. The second-order valence-corrected chi connectivity index (χ2v) is 9.91. The molecule has 1 aromatic rings. The molecule has 0 saturated heterocycles. The Morgan fingerprint density at radius 3 is 2.53 bits per heavy atom. The molecular weight excluding hydrogens is 408 g/mol. The number of nitro groups is 1. The molecule has 7 heteroatoms. The number of para-hydroxylation sites is 1. The van der Waals surface area contributed by atoms with Gasteiger partial charge in [0.15, 0.2) is 5.78 Å². The number of allylic oxidation sites excluding steroid dienone is 3. The highest BCUT2D eigenvalue weighted by Crippen LogP contribution is 2.48. The number of hydrogen-bond donors (Lipinski definition) is 1. The van der Waals surface area contributed by atoms with E-state index in [4.69, 9.17) is 4.74 Å². The number of ketones is 1. The van der Waals surface area contributed by atoms with E-state index in [1.165, 1.54) is 6.07 Å². The summed E-state index contributed by atoms with van der Waals surface area (Å²) in [5.74, 6) is -1.39. The molecule has 1 aromatic carbocycles. The highest BCUT2D eigenvalue weighted by molar-refractivity contribution is 6.04. The fourth-order valence-corrected chi connectivity index (χ4v) is 5.31. The minimum atomic E-state index is -0.812. The maximum absolute atomic E-state index is 13.4. The van der Waals surface area contributed by atoms with Crippen molar-refractivity contribution in [3.8, 4) is 0 Å². The van der Waals surface area contributed by atoms with E-state index in [1.807, 2.05) is 13.8 Å². The van der Waals surface area contributed by atoms with Crippen LogP contribution >= 0.6 is 0 Å². The zero-order valence-electron chi connectivity index (χ0n) is 18.9. The van der Waals surface area contributed by atoms with E-state index in [-0.39, 0.29) is 23.0 Å². The van der Waals surface area contributed by atoms with Gasteiger partial charge in [-0.05, 0) is 44.4 Å². The molecule has 1 heterocycles. The van der Waals surface area contributed by atoms with Crippen LogP contribution in [0.4, 0.5) is 5.69 Å². The second kappa shape index (κ2) is 8.52. The minimum Gasteiger partial charge on any atom is -0.459 e. The first kappa shape index (κ1) is 22.2. The van der Waals surface area contributed by atoms with Gasteiger partial charge in [0.2, 0.25) is 0 Å². The van der Waals surface area contributed by atoms with Gasteiger partial charge in [-0.3, -0.25) is 14.9 Å². The molecule has 1 unspecified atom stereocenters. The molecule has 0 radical (unpaired) electrons. The van der Waals surface area contributed by atoms with E-state index in [0.29, 0.717) is 35.2 Å². The summed E-state index contributed by atoms with van der Waals surface area (Å²) in [7, 11) is 0. The average Bonchev–Trinajstić information content (AvgIpc) is 2.72. The molecule has 1 aliphatic heterocycles. The number of Topliss-reactive ketones (excluding diaryl/α,β-unsaturated/α-hetero) is 1. The Morgan fingerprint density at radius 2 is 1.84 bits per heavy atom. The van der Waals surface area contributed by atoms with Crippen molar-refractivity contribution in [2.75, 3.05) is 0 Å². The summed E-state index contributed by atoms with van der Waals surface area (Å²) in [6, 6.07) is 6.38. The Bertz CT molecular complexity index is 1030. The van der Waals surface area contributed by atoms with Crippen molar-refractivity contribution in [3.63, 3.8) is 0 Å². The van der Waals surface area contributed by atoms with Gasteiger partial charge >= 0.3 is 5.97 Å². The predicted octanol–water partition coefficient (Wildman–Crippen LogP) is 5.07. The van der Waals surface area contributed by atoms with Crippen molar-refractivity contribution in [2.24, 2.45) is 5.41 Å². The normalized spacial score (nSPS) is 23.5. The number of esters is 1. The molecule has 0 bridgehead atoms. The van der Waals surface area contributed by atoms with E-state index in [0.717, 1.165) is 37.8 Å². The smallest absolute Gasteiger partial charge is 0.337 e. The van der Waals surface area contributed by atoms with Crippen molar-refractivity contribution >= 4 is 17.4 Å². The van der Waals surface area contributed by atoms with Crippen LogP contribution in [0, 0.1) is 15.5 Å². The molecule has 1 N–H and O–H groups in total. The lowest BCUT2D eigenvalue weighted by atomic mass is 9.68. The van der Waals surface area contributed by atoms with E-state index in [9.17, 15) is 19.7 Å². The number of hydrogen-bond acceptors (Lipinski definition) is 6. The summed E-state index contributed by atoms with van der Waals surface area (Å²) in [5.41, 5.74) is 2.14. The lowest BCUT2D eigenvalue weighted by Crippen LogP contribution is -2.39. The molecule has 0 spiro atoms. The van der Waals surface area contributed by atoms with Crippen LogP contribution < -0.4 is 5.32 Å². The third-order valence-corrected chi connectivity index (χ3v) is 6.73. The average molecular weight is 439 g/mol. The summed E-state index contributed by atoms with van der Waals surface area (Å²) in [5, 5.41) is 15.1. The van der Waals surface area contributed by atoms with Crippen molar-refractivity contribution in [3.05, 3.63) is 62.5 Å². The zero-order valence-corrected chi connectivity index (χ0v) is 18.9. The summed E-state index contributed by atoms with van der Waals surface area (Å²) in [6.07, 6.45) is 5.62. The number of dihydropyridines is 1. The number of ether oxygens (including phenoxy) is 1. The third-order valence-electron chi connectivity index (χ3n) is 6.73. The SMILES string of the molecule is CC1=C(C(=O)OC2CCCCC2)C(c2ccccc2[N+](=O)[O-])C2=C(CC(C)(C)CC2=O)N1. The van der Waals surface area contributed by atoms with Gasteiger partial charge in [0.05, 0.1) is 16.4 Å². The number of carbonyl (C=O) groups excluding carboxylic acids is 2. The van der Waals surface area contributed by atoms with Gasteiger partial charge in [-0.25, -0.2) is 4.79 Å². The van der Waals surface area contributed by atoms with Crippen LogP contribution in [0.3, 0.4) is 0 Å². The Labute approximate surface area is 188 Å². The van der Waals surface area contributed by atoms with E-state index in [1.54, 1.807) is 25.1 Å². The van der Waals surface area contributed by atoms with Crippen molar-refractivity contribution in [1.82, 2.24) is 5.32 Å². The molecule has 32 heavy (non-hydrogen) atoms. The van der Waals surface area contributed by atoms with Crippen LogP contribution in [0.1, 0.15) is 77.2 Å². The molecule has 0 aromatic heterocycles. The number of nitrogens with one attached hydrogen (secondary N) is 1. The second-order valence-electron chi connectivity index (χ2n) is 9.91. The molecule has 3 aliphatic rings. The molecule has 1 saturated carbocycles. The van der Waals surface area contributed by atoms with Gasteiger partial charge in [-0.15, -0.1) is 0 Å². The number of nitrogens with zero attached hydrogens (tertiary/aromatic N) is 1. The molecule has 1 atom stereocenters. The first-order chi connectivity index (χ1) is 15.2. The molecule has 170 valence electrons. The first-order valence-corrected chi connectivity index (χ1v) is 11.4. The Hall–Kier alpha value is -2.96. The molecule has 7 nitrogen and oxygen atoms in total. The highest BCUT2D eigenvalue weighted by atomic mass is 16.6. The number of nitro benzene ring substituents is 1. The zero-order chi connectivity index (χ0) is 23.0. The summed E-state index contributed by atoms with van der Waals surface area (Å²) >= 11 is 0. The maximum atomic E-state index is 13.4. The molecule has 0 amide bonds. The summed E-state index contributed by atoms with van der Waals surface area (Å²) in [4.78, 5) is 38.1. The molecule has 4 rings (SSSR count). The Kier molecular flexibility index (Phi) is 5.93. The van der Waals surface area contributed by atoms with Crippen molar-refractivity contribution in [1.29, 1.82) is 0 Å². The van der Waals surface area contributed by atoms with Crippen LogP contribution in [0.2, 0.25) is 0 Å². The van der Waals surface area contributed by atoms with Crippen LogP contribution in [0.25, 0.3) is 0 Å². The number of benzene rings is 1. The largest absolute Gasteiger partial charge is 0.459 e. The lowest BCUT2D eigenvalue weighted by molar-refractivity contribution is -0.385. The summed E-state index contributed by atoms with van der Waals surface area (Å²) in [6.45, 7) is 5.85. The highest BCUT2D eigenvalue weighted by Gasteiger charge is 2.45. The van der Waals surface area contributed by atoms with Crippen molar-refractivity contribution < 1.29 is 19.2 Å². The topological polar surface area (TPSA) is 98.5 Å². The van der Waals surface area contributed by atoms with Crippen LogP contribution in [0.15, 0.2) is 46.8 Å². The lowest BCUT2D eigenvalue weighted by Gasteiger charge is -2.39. The Morgan fingerprint density at radius 1 is 1.16 bits per heavy atom. The van der Waals surface area contributed by atoms with Gasteiger partial charge in [0.1, 0.15) is 6.10 Å². The maximum Gasteiger partial charge on any atom is 0.337 e. The minimum absolute atomic E-state index is 0.0811. The fourth-order valence-electron chi connectivity index (χ4n) is 5.31. The van der Waals surface area contributed by atoms with E-state index < -0.39 is 16.8 Å². The number of carbonyl (C=O) groups is 2. The first-order valence-electron chi connectivity index (χ1n) is 11.4. The van der Waals surface area contributed by atoms with Gasteiger partial charge in [-0.1, -0.05) is 38.5 Å². The molecule has 1 fully saturated rings. The fraction of sp³-hybridized carbons (Fsp3) is 0.520. The standard InChI is InChI=1S/C25H30N2O5/c1-15-21(24(29)32-16-9-5-4-6-10-16)22(17-11-7-8-12-19(17)27(30)31)23-18(26-15)13-25(2,3)14-20(23)28/h7-8,11-12,16,22,26H,4-6,9-10,13-14H2,1-3H3. The van der Waals surface area contributed by atoms with Gasteiger partial charge in [0, 0.05) is 35.0 Å². The van der Waals surface area contributed by atoms with Gasteiger partial charge < -0.3 is 10.1 Å². The monoisotopic (exact) mass is 438 g/mol. The third kappa shape index (κ3) is 4.20. The van der Waals surface area contributed by atoms with Crippen molar-refractivity contribution in [2.45, 2.75) is 77.7 Å².